The van der Waals surface area contributed by atoms with E-state index in [1.807, 2.05) is 25.1 Å². The third-order valence-electron chi connectivity index (χ3n) is 4.70. The maximum absolute atomic E-state index is 14.5. The molecular weight excluding hydrogens is 347 g/mol. The fourth-order valence-corrected chi connectivity index (χ4v) is 3.21. The summed E-state index contributed by atoms with van der Waals surface area (Å²) in [4.78, 5) is 21.3. The maximum Gasteiger partial charge on any atom is 0.187 e. The first-order valence-electron chi connectivity index (χ1n) is 8.96. The van der Waals surface area contributed by atoms with Crippen molar-refractivity contribution >= 4 is 11.6 Å². The molecular formula is C18H21FN8. The summed E-state index contributed by atoms with van der Waals surface area (Å²) in [5.41, 5.74) is 2.18. The second-order valence-corrected chi connectivity index (χ2v) is 6.45. The van der Waals surface area contributed by atoms with E-state index in [9.17, 15) is 4.39 Å². The lowest BCUT2D eigenvalue weighted by molar-refractivity contribution is 0.568. The third-order valence-corrected chi connectivity index (χ3v) is 4.70. The molecule has 1 saturated heterocycles. The van der Waals surface area contributed by atoms with Gasteiger partial charge in [-0.05, 0) is 6.42 Å². The number of nitrogens with zero attached hydrogens (tertiary/aromatic N) is 8. The summed E-state index contributed by atoms with van der Waals surface area (Å²) in [6.07, 6.45) is 9.17. The SMILES string of the molecule is CCc1ncnc(N2CCN(c3cncc(-c4cnn(C)c4)n3)CC2)c1F. The Kier molecular flexibility index (Phi) is 4.66. The molecule has 0 unspecified atom stereocenters. The zero-order valence-corrected chi connectivity index (χ0v) is 15.4. The number of aromatic nitrogens is 6. The average Bonchev–Trinajstić information content (AvgIpc) is 3.15. The Bertz CT molecular complexity index is 933. The Labute approximate surface area is 156 Å². The first kappa shape index (κ1) is 17.3. The molecule has 0 aliphatic carbocycles. The lowest BCUT2D eigenvalue weighted by atomic mass is 10.2. The number of hydrogen-bond acceptors (Lipinski definition) is 7. The molecule has 0 N–H and O–H groups in total. The highest BCUT2D eigenvalue weighted by molar-refractivity contribution is 5.58. The van der Waals surface area contributed by atoms with Crippen molar-refractivity contribution in [2.45, 2.75) is 13.3 Å². The number of aryl methyl sites for hydroxylation is 2. The fourth-order valence-electron chi connectivity index (χ4n) is 3.21. The Morgan fingerprint density at radius 2 is 1.81 bits per heavy atom. The van der Waals surface area contributed by atoms with Gasteiger partial charge in [0, 0.05) is 45.0 Å². The molecule has 1 aliphatic heterocycles. The van der Waals surface area contributed by atoms with Crippen molar-refractivity contribution in [2.24, 2.45) is 7.05 Å². The summed E-state index contributed by atoms with van der Waals surface area (Å²) in [5, 5.41) is 4.18. The zero-order valence-electron chi connectivity index (χ0n) is 15.4. The van der Waals surface area contributed by atoms with E-state index >= 15 is 0 Å². The number of piperazine rings is 1. The maximum atomic E-state index is 14.5. The molecule has 4 heterocycles. The van der Waals surface area contributed by atoms with E-state index in [-0.39, 0.29) is 5.82 Å². The van der Waals surface area contributed by atoms with Crippen molar-refractivity contribution in [2.75, 3.05) is 36.0 Å². The lowest BCUT2D eigenvalue weighted by Crippen LogP contribution is -2.47. The van der Waals surface area contributed by atoms with E-state index in [1.165, 1.54) is 6.33 Å². The van der Waals surface area contributed by atoms with E-state index in [1.54, 1.807) is 23.3 Å². The van der Waals surface area contributed by atoms with Gasteiger partial charge in [-0.1, -0.05) is 6.92 Å². The van der Waals surface area contributed by atoms with Crippen LogP contribution in [0.2, 0.25) is 0 Å². The van der Waals surface area contributed by atoms with E-state index in [0.29, 0.717) is 31.0 Å². The summed E-state index contributed by atoms with van der Waals surface area (Å²) < 4.78 is 16.2. The van der Waals surface area contributed by atoms with Crippen molar-refractivity contribution < 1.29 is 4.39 Å². The Hall–Kier alpha value is -3.10. The van der Waals surface area contributed by atoms with E-state index in [2.05, 4.69) is 25.0 Å². The summed E-state index contributed by atoms with van der Waals surface area (Å²) in [5.74, 6) is 0.886. The molecule has 0 aromatic carbocycles. The minimum Gasteiger partial charge on any atom is -0.352 e. The first-order chi connectivity index (χ1) is 13.2. The minimum absolute atomic E-state index is 0.313. The van der Waals surface area contributed by atoms with Crippen molar-refractivity contribution in [3.05, 3.63) is 42.6 Å². The molecule has 4 rings (SSSR count). The van der Waals surface area contributed by atoms with Gasteiger partial charge in [0.15, 0.2) is 11.6 Å². The molecule has 0 spiro atoms. The normalized spacial score (nSPS) is 14.6. The lowest BCUT2D eigenvalue weighted by Gasteiger charge is -2.36. The quantitative estimate of drug-likeness (QED) is 0.694. The third kappa shape index (κ3) is 3.44. The molecule has 1 fully saturated rings. The van der Waals surface area contributed by atoms with Gasteiger partial charge in [-0.2, -0.15) is 5.10 Å². The topological polar surface area (TPSA) is 75.9 Å². The Balaban J connectivity index is 1.48. The van der Waals surface area contributed by atoms with Gasteiger partial charge in [0.05, 0.1) is 30.0 Å². The molecule has 9 heteroatoms. The highest BCUT2D eigenvalue weighted by atomic mass is 19.1. The molecule has 27 heavy (non-hydrogen) atoms. The van der Waals surface area contributed by atoms with E-state index < -0.39 is 0 Å². The van der Waals surface area contributed by atoms with Crippen molar-refractivity contribution in [3.8, 4) is 11.3 Å². The highest BCUT2D eigenvalue weighted by Crippen LogP contribution is 2.23. The molecule has 8 nitrogen and oxygen atoms in total. The number of rotatable bonds is 4. The van der Waals surface area contributed by atoms with Crippen LogP contribution in [0.15, 0.2) is 31.1 Å². The summed E-state index contributed by atoms with van der Waals surface area (Å²) in [7, 11) is 1.87. The average molecular weight is 368 g/mol. The molecule has 140 valence electrons. The van der Waals surface area contributed by atoms with Gasteiger partial charge in [0.1, 0.15) is 12.1 Å². The predicted molar refractivity (Wildman–Crippen MR) is 100 cm³/mol. The van der Waals surface area contributed by atoms with Gasteiger partial charge in [0.25, 0.3) is 0 Å². The van der Waals surface area contributed by atoms with Crippen LogP contribution in [0.5, 0.6) is 0 Å². The monoisotopic (exact) mass is 368 g/mol. The zero-order chi connectivity index (χ0) is 18.8. The summed E-state index contributed by atoms with van der Waals surface area (Å²) in [6, 6.07) is 0. The fraction of sp³-hybridized carbons (Fsp3) is 0.389. The van der Waals surface area contributed by atoms with Gasteiger partial charge >= 0.3 is 0 Å². The van der Waals surface area contributed by atoms with Crippen LogP contribution < -0.4 is 9.80 Å². The van der Waals surface area contributed by atoms with Crippen LogP contribution in [0.3, 0.4) is 0 Å². The standard InChI is InChI=1S/C18H21FN8/c1-3-14-17(19)18(22-12-21-14)27-6-4-26(5-7-27)16-10-20-9-15(24-16)13-8-23-25(2)11-13/h8-12H,3-7H2,1-2H3. The van der Waals surface area contributed by atoms with Gasteiger partial charge in [-0.15, -0.1) is 0 Å². The van der Waals surface area contributed by atoms with Crippen LogP contribution in [-0.4, -0.2) is 55.9 Å². The van der Waals surface area contributed by atoms with Crippen LogP contribution in [-0.2, 0) is 13.5 Å². The van der Waals surface area contributed by atoms with Crippen LogP contribution in [0, 0.1) is 5.82 Å². The van der Waals surface area contributed by atoms with Gasteiger partial charge in [0.2, 0.25) is 0 Å². The van der Waals surface area contributed by atoms with Crippen molar-refractivity contribution in [3.63, 3.8) is 0 Å². The van der Waals surface area contributed by atoms with Crippen LogP contribution in [0.25, 0.3) is 11.3 Å². The smallest absolute Gasteiger partial charge is 0.187 e. The summed E-state index contributed by atoms with van der Waals surface area (Å²) in [6.45, 7) is 4.65. The van der Waals surface area contributed by atoms with Crippen LogP contribution in [0.1, 0.15) is 12.6 Å². The molecule has 0 atom stereocenters. The van der Waals surface area contributed by atoms with Gasteiger partial charge in [-0.3, -0.25) is 9.67 Å². The van der Waals surface area contributed by atoms with Crippen LogP contribution in [0.4, 0.5) is 16.0 Å². The van der Waals surface area contributed by atoms with Crippen molar-refractivity contribution in [1.82, 2.24) is 29.7 Å². The molecule has 3 aromatic heterocycles. The molecule has 0 bridgehead atoms. The molecule has 3 aromatic rings. The summed E-state index contributed by atoms with van der Waals surface area (Å²) >= 11 is 0. The predicted octanol–water partition coefficient (Wildman–Crippen LogP) is 1.70. The Morgan fingerprint density at radius 3 is 2.52 bits per heavy atom. The first-order valence-corrected chi connectivity index (χ1v) is 8.96. The number of hydrogen-bond donors (Lipinski definition) is 0. The van der Waals surface area contributed by atoms with Crippen LogP contribution >= 0.6 is 0 Å². The van der Waals surface area contributed by atoms with Gasteiger partial charge in [-0.25, -0.2) is 19.3 Å². The molecule has 0 saturated carbocycles. The second-order valence-electron chi connectivity index (χ2n) is 6.45. The molecule has 0 amide bonds. The van der Waals surface area contributed by atoms with Crippen molar-refractivity contribution in [1.29, 1.82) is 0 Å². The second kappa shape index (κ2) is 7.26. The van der Waals surface area contributed by atoms with E-state index in [4.69, 9.17) is 4.98 Å². The Morgan fingerprint density at radius 1 is 1.04 bits per heavy atom. The minimum atomic E-state index is -0.313. The van der Waals surface area contributed by atoms with Gasteiger partial charge < -0.3 is 9.80 Å². The number of anilines is 2. The number of halogens is 1. The largest absolute Gasteiger partial charge is 0.352 e. The molecule has 1 aliphatic rings. The molecule has 0 radical (unpaired) electrons. The van der Waals surface area contributed by atoms with E-state index in [0.717, 1.165) is 30.2 Å². The highest BCUT2D eigenvalue weighted by Gasteiger charge is 2.23.